The lowest BCUT2D eigenvalue weighted by Gasteiger charge is -2.07. The van der Waals surface area contributed by atoms with Gasteiger partial charge in [0, 0.05) is 23.9 Å². The first kappa shape index (κ1) is 23.5. The number of halogens is 1. The number of nitrogens with zero attached hydrogens (tertiary/aromatic N) is 3. The molecule has 0 unspecified atom stereocenters. The van der Waals surface area contributed by atoms with E-state index < -0.39 is 5.91 Å². The quantitative estimate of drug-likeness (QED) is 0.282. The molecule has 0 aliphatic carbocycles. The van der Waals surface area contributed by atoms with Crippen LogP contribution in [0.4, 0.5) is 4.39 Å². The van der Waals surface area contributed by atoms with Crippen molar-refractivity contribution in [1.82, 2.24) is 15.1 Å². The van der Waals surface area contributed by atoms with E-state index in [1.807, 2.05) is 60.7 Å². The molecule has 4 rings (SSSR count). The zero-order valence-electron chi connectivity index (χ0n) is 19.1. The van der Waals surface area contributed by atoms with Gasteiger partial charge in [0.15, 0.2) is 0 Å². The Morgan fingerprint density at radius 1 is 1.09 bits per heavy atom. The number of hydrogen-bond acceptors (Lipinski definition) is 4. The van der Waals surface area contributed by atoms with Crippen LogP contribution in [0.5, 0.6) is 5.75 Å². The molecule has 1 aromatic heterocycles. The molecule has 0 spiro atoms. The molecule has 1 amide bonds. The molecule has 0 radical (unpaired) electrons. The molecule has 7 heteroatoms. The number of carbonyl (C=O) groups is 1. The van der Waals surface area contributed by atoms with E-state index in [4.69, 9.17) is 9.84 Å². The third kappa shape index (κ3) is 5.81. The number of benzene rings is 3. The molecule has 0 fully saturated rings. The van der Waals surface area contributed by atoms with E-state index in [1.54, 1.807) is 36.0 Å². The summed E-state index contributed by atoms with van der Waals surface area (Å²) in [6.07, 6.45) is 3.34. The highest BCUT2D eigenvalue weighted by Crippen LogP contribution is 2.28. The number of rotatable bonds is 8. The van der Waals surface area contributed by atoms with Gasteiger partial charge in [-0.25, -0.2) is 9.07 Å². The van der Waals surface area contributed by atoms with Crippen LogP contribution >= 0.6 is 0 Å². The van der Waals surface area contributed by atoms with Crippen LogP contribution in [0.3, 0.4) is 0 Å². The topological polar surface area (TPSA) is 79.9 Å². The fraction of sp³-hybridized carbons (Fsp3) is 0.107. The molecule has 35 heavy (non-hydrogen) atoms. The highest BCUT2D eigenvalue weighted by molar-refractivity contribution is 6.02. The Morgan fingerprint density at radius 2 is 1.80 bits per heavy atom. The summed E-state index contributed by atoms with van der Waals surface area (Å²) in [4.78, 5) is 12.3. The average molecular weight is 467 g/mol. The number of nitrogens with one attached hydrogen (secondary N) is 1. The Labute approximate surface area is 202 Å². The van der Waals surface area contributed by atoms with Gasteiger partial charge in [0.05, 0.1) is 11.4 Å². The van der Waals surface area contributed by atoms with Crippen molar-refractivity contribution >= 4 is 12.0 Å². The van der Waals surface area contributed by atoms with Gasteiger partial charge in [0.2, 0.25) is 0 Å². The molecule has 0 aliphatic heterocycles. The molecular weight excluding hydrogens is 443 g/mol. The normalized spacial score (nSPS) is 11.1. The summed E-state index contributed by atoms with van der Waals surface area (Å²) < 4.78 is 20.6. The van der Waals surface area contributed by atoms with Crippen LogP contribution < -0.4 is 10.1 Å². The highest BCUT2D eigenvalue weighted by Gasteiger charge is 2.15. The third-order valence-electron chi connectivity index (χ3n) is 5.21. The van der Waals surface area contributed by atoms with Gasteiger partial charge in [-0.15, -0.1) is 0 Å². The van der Waals surface area contributed by atoms with Crippen molar-refractivity contribution in [2.24, 2.45) is 0 Å². The van der Waals surface area contributed by atoms with Crippen LogP contribution in [0.2, 0.25) is 0 Å². The molecule has 1 N–H and O–H groups in total. The summed E-state index contributed by atoms with van der Waals surface area (Å²) in [6, 6.07) is 25.1. The van der Waals surface area contributed by atoms with Crippen LogP contribution in [-0.4, -0.2) is 22.2 Å². The number of nitriles is 1. The first-order chi connectivity index (χ1) is 17.1. The lowest BCUT2D eigenvalue weighted by Crippen LogP contribution is -2.23. The molecule has 3 aromatic carbocycles. The van der Waals surface area contributed by atoms with Crippen molar-refractivity contribution in [2.45, 2.75) is 13.5 Å². The maximum atomic E-state index is 13.1. The van der Waals surface area contributed by atoms with E-state index in [0.29, 0.717) is 30.2 Å². The fourth-order valence-corrected chi connectivity index (χ4v) is 3.45. The Balaban J connectivity index is 1.64. The molecule has 0 aliphatic rings. The molecule has 1 heterocycles. The van der Waals surface area contributed by atoms with Gasteiger partial charge in [-0.1, -0.05) is 30.3 Å². The lowest BCUT2D eigenvalue weighted by molar-refractivity contribution is -0.116. The summed E-state index contributed by atoms with van der Waals surface area (Å²) in [5.41, 5.74) is 3.77. The monoisotopic (exact) mass is 466 g/mol. The number of likely N-dealkylation sites (N-methyl/N-ethyl adjacent to an activating group) is 1. The minimum Gasteiger partial charge on any atom is -0.489 e. The van der Waals surface area contributed by atoms with Crippen molar-refractivity contribution in [3.05, 3.63) is 108 Å². The van der Waals surface area contributed by atoms with E-state index in [2.05, 4.69) is 5.32 Å². The lowest BCUT2D eigenvalue weighted by atomic mass is 10.1. The molecular formula is C28H23FN4O2. The predicted molar refractivity (Wildman–Crippen MR) is 132 cm³/mol. The van der Waals surface area contributed by atoms with Gasteiger partial charge in [0.25, 0.3) is 5.91 Å². The molecule has 0 atom stereocenters. The number of carbonyl (C=O) groups excluding carboxylic acids is 1. The average Bonchev–Trinajstić information content (AvgIpc) is 3.32. The van der Waals surface area contributed by atoms with Crippen molar-refractivity contribution in [1.29, 1.82) is 5.26 Å². The number of ether oxygens (including phenoxy) is 1. The van der Waals surface area contributed by atoms with E-state index >= 15 is 0 Å². The van der Waals surface area contributed by atoms with Crippen LogP contribution in [-0.2, 0) is 11.4 Å². The van der Waals surface area contributed by atoms with Gasteiger partial charge >= 0.3 is 0 Å². The van der Waals surface area contributed by atoms with Crippen LogP contribution in [0.25, 0.3) is 23.0 Å². The van der Waals surface area contributed by atoms with E-state index in [0.717, 1.165) is 16.8 Å². The highest BCUT2D eigenvalue weighted by atomic mass is 19.1. The van der Waals surface area contributed by atoms with E-state index in [1.165, 1.54) is 12.1 Å². The van der Waals surface area contributed by atoms with Gasteiger partial charge in [-0.2, -0.15) is 10.4 Å². The number of para-hydroxylation sites is 1. The first-order valence-corrected chi connectivity index (χ1v) is 11.1. The zero-order chi connectivity index (χ0) is 24.6. The van der Waals surface area contributed by atoms with Crippen molar-refractivity contribution < 1.29 is 13.9 Å². The third-order valence-corrected chi connectivity index (χ3v) is 5.21. The number of amides is 1. The first-order valence-electron chi connectivity index (χ1n) is 11.1. The molecule has 6 nitrogen and oxygen atoms in total. The summed E-state index contributed by atoms with van der Waals surface area (Å²) in [5, 5.41) is 16.9. The van der Waals surface area contributed by atoms with Gasteiger partial charge < -0.3 is 10.1 Å². The van der Waals surface area contributed by atoms with Crippen LogP contribution in [0.15, 0.2) is 90.6 Å². The largest absolute Gasteiger partial charge is 0.489 e. The van der Waals surface area contributed by atoms with Gasteiger partial charge in [-0.05, 0) is 67.1 Å². The van der Waals surface area contributed by atoms with Crippen LogP contribution in [0, 0.1) is 17.1 Å². The smallest absolute Gasteiger partial charge is 0.261 e. The summed E-state index contributed by atoms with van der Waals surface area (Å²) in [7, 11) is 0. The number of aromatic nitrogens is 2. The zero-order valence-corrected chi connectivity index (χ0v) is 19.1. The second kappa shape index (κ2) is 10.9. The Hall–Kier alpha value is -4.70. The van der Waals surface area contributed by atoms with Crippen LogP contribution in [0.1, 0.15) is 18.1 Å². The summed E-state index contributed by atoms with van der Waals surface area (Å²) >= 11 is 0. The van der Waals surface area contributed by atoms with Crippen molar-refractivity contribution in [3.8, 4) is 28.8 Å². The fourth-order valence-electron chi connectivity index (χ4n) is 3.45. The summed E-state index contributed by atoms with van der Waals surface area (Å²) in [6.45, 7) is 2.53. The Bertz CT molecular complexity index is 1370. The van der Waals surface area contributed by atoms with Crippen molar-refractivity contribution in [2.75, 3.05) is 6.54 Å². The maximum Gasteiger partial charge on any atom is 0.261 e. The minimum absolute atomic E-state index is 0.0000343. The molecule has 0 saturated heterocycles. The van der Waals surface area contributed by atoms with E-state index in [-0.39, 0.29) is 11.4 Å². The second-order valence-electron chi connectivity index (χ2n) is 7.68. The van der Waals surface area contributed by atoms with Gasteiger partial charge in [0.1, 0.15) is 29.8 Å². The molecule has 0 bridgehead atoms. The minimum atomic E-state index is -0.432. The number of hydrogen-bond donors (Lipinski definition) is 1. The molecule has 0 saturated carbocycles. The van der Waals surface area contributed by atoms with Gasteiger partial charge in [-0.3, -0.25) is 4.79 Å². The standard InChI is InChI=1S/C28H23FN4O2/c1-2-31-28(34)22(17-30)16-23-18-33(25-6-4-3-5-7-25)32-27(23)21-10-14-26(15-11-21)35-19-20-8-12-24(29)13-9-20/h3-16,18H,2,19H2,1H3,(H,31,34)/b22-16-. The summed E-state index contributed by atoms with van der Waals surface area (Å²) in [5.74, 6) is -0.0692. The Morgan fingerprint density at radius 3 is 2.46 bits per heavy atom. The second-order valence-corrected chi connectivity index (χ2v) is 7.68. The predicted octanol–water partition coefficient (Wildman–Crippen LogP) is 5.30. The maximum absolute atomic E-state index is 13.1. The van der Waals surface area contributed by atoms with E-state index in [9.17, 15) is 14.4 Å². The molecule has 174 valence electrons. The Kier molecular flexibility index (Phi) is 7.34. The van der Waals surface area contributed by atoms with Crippen molar-refractivity contribution in [3.63, 3.8) is 0 Å². The molecule has 4 aromatic rings. The SMILES string of the molecule is CCNC(=O)/C(C#N)=C\c1cn(-c2ccccc2)nc1-c1ccc(OCc2ccc(F)cc2)cc1.